The van der Waals surface area contributed by atoms with Crippen LogP contribution in [0.15, 0.2) is 18.2 Å². The molecule has 3 heteroatoms. The Morgan fingerprint density at radius 3 is 2.35 bits per heavy atom. The second kappa shape index (κ2) is 6.98. The molecule has 2 rings (SSSR count). The second-order valence-corrected chi connectivity index (χ2v) is 5.48. The monoisotopic (exact) mass is 277 g/mol. The van der Waals surface area contributed by atoms with Gasteiger partial charge < -0.3 is 14.8 Å². The molecule has 0 aromatic heterocycles. The molecule has 3 nitrogen and oxygen atoms in total. The van der Waals surface area contributed by atoms with E-state index in [1.807, 2.05) is 19.9 Å². The van der Waals surface area contributed by atoms with E-state index in [4.69, 9.17) is 9.47 Å². The molecule has 1 aliphatic rings. The normalized spacial score (nSPS) is 22.4. The molecule has 0 bridgehead atoms. The van der Waals surface area contributed by atoms with Crippen LogP contribution in [0, 0.1) is 11.8 Å². The van der Waals surface area contributed by atoms with Crippen LogP contribution in [0.1, 0.15) is 45.7 Å². The maximum absolute atomic E-state index is 5.73. The van der Waals surface area contributed by atoms with Crippen LogP contribution in [-0.4, -0.2) is 19.8 Å². The Balaban J connectivity index is 2.23. The molecule has 0 spiro atoms. The predicted molar refractivity (Wildman–Crippen MR) is 82.5 cm³/mol. The first-order valence-electron chi connectivity index (χ1n) is 7.84. The lowest BCUT2D eigenvalue weighted by Gasteiger charge is -2.20. The maximum atomic E-state index is 5.73. The molecule has 0 heterocycles. The van der Waals surface area contributed by atoms with Crippen molar-refractivity contribution in [2.45, 2.75) is 40.2 Å². The van der Waals surface area contributed by atoms with Gasteiger partial charge in [-0.15, -0.1) is 0 Å². The summed E-state index contributed by atoms with van der Waals surface area (Å²) in [6.07, 6.45) is 1.31. The molecule has 0 aliphatic heterocycles. The van der Waals surface area contributed by atoms with Crippen molar-refractivity contribution in [3.8, 4) is 11.5 Å². The van der Waals surface area contributed by atoms with E-state index < -0.39 is 0 Å². The minimum absolute atomic E-state index is 0.435. The number of rotatable bonds is 8. The molecule has 0 saturated heterocycles. The zero-order chi connectivity index (χ0) is 14.5. The number of hydrogen-bond donors (Lipinski definition) is 1. The number of hydrogen-bond acceptors (Lipinski definition) is 3. The average molecular weight is 277 g/mol. The summed E-state index contributed by atoms with van der Waals surface area (Å²) in [4.78, 5) is 0. The Bertz CT molecular complexity index is 433. The lowest BCUT2D eigenvalue weighted by molar-refractivity contribution is 0.287. The van der Waals surface area contributed by atoms with Gasteiger partial charge in [0.2, 0.25) is 0 Å². The first-order chi connectivity index (χ1) is 9.71. The predicted octanol–water partition coefficient (Wildman–Crippen LogP) is 3.79. The molecular weight excluding hydrogens is 250 g/mol. The van der Waals surface area contributed by atoms with Gasteiger partial charge in [-0.2, -0.15) is 0 Å². The first-order valence-corrected chi connectivity index (χ1v) is 7.84. The van der Waals surface area contributed by atoms with E-state index in [9.17, 15) is 0 Å². The molecule has 1 aromatic rings. The van der Waals surface area contributed by atoms with Crippen molar-refractivity contribution in [3.63, 3.8) is 0 Å². The molecule has 3 atom stereocenters. The smallest absolute Gasteiger partial charge is 0.161 e. The summed E-state index contributed by atoms with van der Waals surface area (Å²) < 4.78 is 11.4. The van der Waals surface area contributed by atoms with Crippen molar-refractivity contribution in [1.29, 1.82) is 0 Å². The van der Waals surface area contributed by atoms with Crippen molar-refractivity contribution in [2.24, 2.45) is 11.8 Å². The average Bonchev–Trinajstić information content (AvgIpc) is 3.15. The van der Waals surface area contributed by atoms with E-state index in [1.165, 1.54) is 12.0 Å². The highest BCUT2D eigenvalue weighted by Crippen LogP contribution is 2.47. The molecule has 3 unspecified atom stereocenters. The Kier molecular flexibility index (Phi) is 5.30. The van der Waals surface area contributed by atoms with Crippen LogP contribution in [0.5, 0.6) is 11.5 Å². The topological polar surface area (TPSA) is 30.5 Å². The third kappa shape index (κ3) is 3.45. The van der Waals surface area contributed by atoms with Crippen molar-refractivity contribution >= 4 is 0 Å². The van der Waals surface area contributed by atoms with Gasteiger partial charge in [0.25, 0.3) is 0 Å². The van der Waals surface area contributed by atoms with Crippen molar-refractivity contribution < 1.29 is 9.47 Å². The summed E-state index contributed by atoms with van der Waals surface area (Å²) in [5, 5.41) is 3.62. The number of ether oxygens (including phenoxy) is 2. The van der Waals surface area contributed by atoms with Gasteiger partial charge in [0.15, 0.2) is 11.5 Å². The van der Waals surface area contributed by atoms with E-state index in [-0.39, 0.29) is 0 Å². The largest absolute Gasteiger partial charge is 0.490 e. The zero-order valence-electron chi connectivity index (χ0n) is 13.1. The van der Waals surface area contributed by atoms with Crippen molar-refractivity contribution in [1.82, 2.24) is 5.32 Å². The molecule has 1 aliphatic carbocycles. The van der Waals surface area contributed by atoms with Crippen molar-refractivity contribution in [3.05, 3.63) is 23.8 Å². The van der Waals surface area contributed by atoms with E-state index in [1.54, 1.807) is 0 Å². The fourth-order valence-corrected chi connectivity index (χ4v) is 2.81. The van der Waals surface area contributed by atoms with Gasteiger partial charge in [-0.1, -0.05) is 19.9 Å². The second-order valence-electron chi connectivity index (χ2n) is 5.48. The van der Waals surface area contributed by atoms with Gasteiger partial charge in [-0.3, -0.25) is 0 Å². The molecule has 1 aromatic carbocycles. The van der Waals surface area contributed by atoms with Gasteiger partial charge in [-0.25, -0.2) is 0 Å². The highest BCUT2D eigenvalue weighted by molar-refractivity contribution is 5.44. The minimum atomic E-state index is 0.435. The zero-order valence-corrected chi connectivity index (χ0v) is 13.1. The summed E-state index contributed by atoms with van der Waals surface area (Å²) in [6.45, 7) is 10.8. The van der Waals surface area contributed by atoms with Gasteiger partial charge in [0, 0.05) is 6.04 Å². The molecular formula is C17H27NO2. The third-order valence-electron chi connectivity index (χ3n) is 3.95. The van der Waals surface area contributed by atoms with Crippen LogP contribution < -0.4 is 14.8 Å². The summed E-state index contributed by atoms with van der Waals surface area (Å²) >= 11 is 0. The van der Waals surface area contributed by atoms with Crippen LogP contribution in [0.3, 0.4) is 0 Å². The minimum Gasteiger partial charge on any atom is -0.490 e. The van der Waals surface area contributed by atoms with Gasteiger partial charge >= 0.3 is 0 Å². The van der Waals surface area contributed by atoms with Gasteiger partial charge in [-0.05, 0) is 56.3 Å². The highest BCUT2D eigenvalue weighted by atomic mass is 16.5. The summed E-state index contributed by atoms with van der Waals surface area (Å²) in [6, 6.07) is 6.80. The van der Waals surface area contributed by atoms with E-state index in [0.29, 0.717) is 19.3 Å². The quantitative estimate of drug-likeness (QED) is 0.784. The lowest BCUT2D eigenvalue weighted by atomic mass is 10.0. The van der Waals surface area contributed by atoms with Crippen LogP contribution in [0.4, 0.5) is 0 Å². The SMILES string of the molecule is CCNC(c1ccc(OCC)c(OCC)c1)C1CC1C. The number of benzene rings is 1. The Hall–Kier alpha value is -1.22. The molecule has 20 heavy (non-hydrogen) atoms. The van der Waals surface area contributed by atoms with Crippen LogP contribution in [-0.2, 0) is 0 Å². The van der Waals surface area contributed by atoms with Crippen LogP contribution in [0.25, 0.3) is 0 Å². The summed E-state index contributed by atoms with van der Waals surface area (Å²) in [7, 11) is 0. The lowest BCUT2D eigenvalue weighted by Crippen LogP contribution is -2.23. The maximum Gasteiger partial charge on any atom is 0.161 e. The van der Waals surface area contributed by atoms with Crippen LogP contribution >= 0.6 is 0 Å². The summed E-state index contributed by atoms with van der Waals surface area (Å²) in [5.41, 5.74) is 1.31. The fourth-order valence-electron chi connectivity index (χ4n) is 2.81. The first kappa shape index (κ1) is 15.2. The summed E-state index contributed by atoms with van der Waals surface area (Å²) in [5.74, 6) is 3.28. The molecule has 0 amide bonds. The molecule has 1 saturated carbocycles. The fraction of sp³-hybridized carbons (Fsp3) is 0.647. The standard InChI is InChI=1S/C17H27NO2/c1-5-18-17(14-10-12(14)4)13-8-9-15(19-6-2)16(11-13)20-7-3/h8-9,11-12,14,17-18H,5-7,10H2,1-4H3. The van der Waals surface area contributed by atoms with Crippen molar-refractivity contribution in [2.75, 3.05) is 19.8 Å². The van der Waals surface area contributed by atoms with E-state index in [2.05, 4.69) is 31.3 Å². The van der Waals surface area contributed by atoms with E-state index >= 15 is 0 Å². The molecule has 0 radical (unpaired) electrons. The van der Waals surface area contributed by atoms with Gasteiger partial charge in [0.1, 0.15) is 0 Å². The Morgan fingerprint density at radius 2 is 1.80 bits per heavy atom. The molecule has 1 fully saturated rings. The third-order valence-corrected chi connectivity index (χ3v) is 3.95. The van der Waals surface area contributed by atoms with Gasteiger partial charge in [0.05, 0.1) is 13.2 Å². The number of nitrogens with one attached hydrogen (secondary N) is 1. The Morgan fingerprint density at radius 1 is 1.15 bits per heavy atom. The van der Waals surface area contributed by atoms with Crippen LogP contribution in [0.2, 0.25) is 0 Å². The van der Waals surface area contributed by atoms with E-state index in [0.717, 1.165) is 29.9 Å². The molecule has 112 valence electrons. The molecule has 1 N–H and O–H groups in total. The Labute approximate surface area is 122 Å². The highest BCUT2D eigenvalue weighted by Gasteiger charge is 2.39.